The van der Waals surface area contributed by atoms with Gasteiger partial charge < -0.3 is 0 Å². The number of nitrogens with one attached hydrogen (secondary N) is 1. The van der Waals surface area contributed by atoms with E-state index in [4.69, 9.17) is 0 Å². The molecular formula is C23H23N2+. The topological polar surface area (TPSA) is 16.8 Å². The normalized spacial score (nSPS) is 16.4. The third-order valence-corrected chi connectivity index (χ3v) is 4.39. The van der Waals surface area contributed by atoms with E-state index in [1.807, 2.05) is 18.6 Å². The molecule has 0 aliphatic carbocycles. The summed E-state index contributed by atoms with van der Waals surface area (Å²) in [5, 5.41) is 0. The number of hydrogen-bond donors (Lipinski definition) is 1. The molecule has 1 N–H and O–H groups in total. The predicted molar refractivity (Wildman–Crippen MR) is 105 cm³/mol. The fourth-order valence-corrected chi connectivity index (χ4v) is 3.19. The van der Waals surface area contributed by atoms with Crippen molar-refractivity contribution in [2.75, 3.05) is 0 Å². The molecule has 2 nitrogen and oxygen atoms in total. The zero-order chi connectivity index (χ0) is 16.2. The molecule has 3 aromatic rings. The fourth-order valence-electron chi connectivity index (χ4n) is 3.19. The van der Waals surface area contributed by atoms with E-state index in [1.54, 1.807) is 0 Å². The summed E-state index contributed by atoms with van der Waals surface area (Å²) in [6, 6.07) is 30.2. The summed E-state index contributed by atoms with van der Waals surface area (Å²) < 4.78 is 0. The monoisotopic (exact) mass is 327 g/mol. The molecule has 0 fully saturated rings. The van der Waals surface area contributed by atoms with E-state index in [1.165, 1.54) is 27.2 Å². The van der Waals surface area contributed by atoms with E-state index in [9.17, 15) is 0 Å². The van der Waals surface area contributed by atoms with Gasteiger partial charge in [-0.05, 0) is 11.1 Å². The van der Waals surface area contributed by atoms with Crippen LogP contribution in [0.3, 0.4) is 0 Å². The van der Waals surface area contributed by atoms with Gasteiger partial charge in [0, 0.05) is 11.1 Å². The standard InChI is InChI=1S/C22H18N2.CH4/c1-3-7-18(8-4-1)19-11-13-21(14-12-19)22(24-16-15-23-17-24)20-9-5-2-6-10-20;/h1-17,22H;1H4/p+1. The van der Waals surface area contributed by atoms with Crippen LogP contribution in [0.2, 0.25) is 0 Å². The predicted octanol–water partition coefficient (Wildman–Crippen LogP) is 4.48. The highest BCUT2D eigenvalue weighted by atomic mass is 15.2. The van der Waals surface area contributed by atoms with Crippen LogP contribution in [0, 0.1) is 0 Å². The highest BCUT2D eigenvalue weighted by Crippen LogP contribution is 2.24. The molecule has 0 aromatic heterocycles. The van der Waals surface area contributed by atoms with Crippen molar-refractivity contribution in [1.29, 1.82) is 0 Å². The maximum Gasteiger partial charge on any atom is 0.193 e. The van der Waals surface area contributed by atoms with Gasteiger partial charge in [0.1, 0.15) is 12.2 Å². The zero-order valence-electron chi connectivity index (χ0n) is 13.3. The second-order valence-corrected chi connectivity index (χ2v) is 5.93. The lowest BCUT2D eigenvalue weighted by molar-refractivity contribution is -0.767. The second kappa shape index (κ2) is 7.73. The summed E-state index contributed by atoms with van der Waals surface area (Å²) in [7, 11) is 0. The van der Waals surface area contributed by atoms with E-state index >= 15 is 0 Å². The highest BCUT2D eigenvalue weighted by Gasteiger charge is 2.25. The SMILES string of the molecule is C.C1=C[NH+](C(c2ccccc2)c2ccc(-c3ccccc3)cc2)C=N1. The van der Waals surface area contributed by atoms with E-state index in [-0.39, 0.29) is 13.5 Å². The lowest BCUT2D eigenvalue weighted by Gasteiger charge is -2.21. The summed E-state index contributed by atoms with van der Waals surface area (Å²) in [5.41, 5.74) is 5.06. The van der Waals surface area contributed by atoms with Crippen LogP contribution in [0.5, 0.6) is 0 Å². The average molecular weight is 327 g/mol. The third kappa shape index (κ3) is 3.59. The first kappa shape index (κ1) is 16.9. The van der Waals surface area contributed by atoms with Gasteiger partial charge in [-0.15, -0.1) is 0 Å². The average Bonchev–Trinajstić information content (AvgIpc) is 3.18. The minimum absolute atomic E-state index is 0. The summed E-state index contributed by atoms with van der Waals surface area (Å²) in [4.78, 5) is 5.49. The molecule has 2 atom stereocenters. The molecule has 4 rings (SSSR count). The molecule has 2 heteroatoms. The van der Waals surface area contributed by atoms with Gasteiger partial charge in [0.05, 0.1) is 6.20 Å². The Bertz CT molecular complexity index is 838. The van der Waals surface area contributed by atoms with Gasteiger partial charge in [-0.25, -0.2) is 4.99 Å². The molecule has 1 aliphatic heterocycles. The molecule has 0 amide bonds. The first-order chi connectivity index (χ1) is 11.9. The van der Waals surface area contributed by atoms with E-state index < -0.39 is 0 Å². The van der Waals surface area contributed by atoms with Crippen molar-refractivity contribution in [2.45, 2.75) is 13.5 Å². The minimum atomic E-state index is 0. The number of rotatable bonds is 4. The highest BCUT2D eigenvalue weighted by molar-refractivity contribution is 5.63. The molecule has 124 valence electrons. The van der Waals surface area contributed by atoms with Crippen LogP contribution >= 0.6 is 0 Å². The van der Waals surface area contributed by atoms with Crippen LogP contribution < -0.4 is 4.90 Å². The minimum Gasteiger partial charge on any atom is -0.255 e. The summed E-state index contributed by atoms with van der Waals surface area (Å²) in [6.45, 7) is 0. The molecule has 1 aliphatic rings. The summed E-state index contributed by atoms with van der Waals surface area (Å²) in [5.74, 6) is 0. The quantitative estimate of drug-likeness (QED) is 0.728. The first-order valence-corrected chi connectivity index (χ1v) is 8.19. The molecule has 0 saturated carbocycles. The Morgan fingerprint density at radius 2 is 1.20 bits per heavy atom. The first-order valence-electron chi connectivity index (χ1n) is 8.19. The number of hydrogen-bond acceptors (Lipinski definition) is 1. The van der Waals surface area contributed by atoms with E-state index in [0.717, 1.165) is 0 Å². The summed E-state index contributed by atoms with van der Waals surface area (Å²) in [6.07, 6.45) is 5.93. The Morgan fingerprint density at radius 1 is 0.640 bits per heavy atom. The van der Waals surface area contributed by atoms with E-state index in [2.05, 4.69) is 90.1 Å². The second-order valence-electron chi connectivity index (χ2n) is 5.93. The lowest BCUT2D eigenvalue weighted by Crippen LogP contribution is -3.06. The van der Waals surface area contributed by atoms with Gasteiger partial charge in [-0.2, -0.15) is 0 Å². The number of benzene rings is 3. The van der Waals surface area contributed by atoms with Crippen molar-refractivity contribution in [3.63, 3.8) is 0 Å². The van der Waals surface area contributed by atoms with Crippen LogP contribution in [0.1, 0.15) is 24.6 Å². The lowest BCUT2D eigenvalue weighted by atomic mass is 9.95. The largest absolute Gasteiger partial charge is 0.255 e. The Kier molecular flexibility index (Phi) is 5.22. The Hall–Kier alpha value is -2.97. The van der Waals surface area contributed by atoms with Crippen molar-refractivity contribution in [3.05, 3.63) is 108 Å². The number of quaternary nitrogens is 1. The molecule has 1 heterocycles. The van der Waals surface area contributed by atoms with Crippen molar-refractivity contribution in [1.82, 2.24) is 0 Å². The van der Waals surface area contributed by atoms with Gasteiger partial charge in [-0.3, -0.25) is 4.90 Å². The van der Waals surface area contributed by atoms with Crippen molar-refractivity contribution >= 4 is 6.34 Å². The molecule has 0 spiro atoms. The van der Waals surface area contributed by atoms with Crippen LogP contribution in [0.25, 0.3) is 11.1 Å². The third-order valence-electron chi connectivity index (χ3n) is 4.39. The van der Waals surface area contributed by atoms with Gasteiger partial charge in [-0.1, -0.05) is 92.4 Å². The molecule has 25 heavy (non-hydrogen) atoms. The van der Waals surface area contributed by atoms with Crippen LogP contribution in [-0.4, -0.2) is 6.34 Å². The molecule has 0 bridgehead atoms. The van der Waals surface area contributed by atoms with Crippen LogP contribution in [0.15, 0.2) is 102 Å². The number of nitrogens with zero attached hydrogens (tertiary/aromatic N) is 1. The Morgan fingerprint density at radius 3 is 1.80 bits per heavy atom. The molecular weight excluding hydrogens is 304 g/mol. The molecule has 0 saturated heterocycles. The maximum absolute atomic E-state index is 4.26. The van der Waals surface area contributed by atoms with Gasteiger partial charge in [0.15, 0.2) is 6.34 Å². The van der Waals surface area contributed by atoms with Crippen molar-refractivity contribution in [3.8, 4) is 11.1 Å². The Labute approximate surface area is 149 Å². The van der Waals surface area contributed by atoms with Crippen molar-refractivity contribution in [2.24, 2.45) is 4.99 Å². The van der Waals surface area contributed by atoms with Gasteiger partial charge in [0.2, 0.25) is 0 Å². The van der Waals surface area contributed by atoms with Gasteiger partial charge in [0.25, 0.3) is 0 Å². The van der Waals surface area contributed by atoms with E-state index in [0.29, 0.717) is 0 Å². The zero-order valence-corrected chi connectivity index (χ0v) is 13.3. The smallest absolute Gasteiger partial charge is 0.193 e. The maximum atomic E-state index is 4.26. The summed E-state index contributed by atoms with van der Waals surface area (Å²) >= 11 is 0. The van der Waals surface area contributed by atoms with Gasteiger partial charge >= 0.3 is 0 Å². The van der Waals surface area contributed by atoms with Crippen molar-refractivity contribution < 1.29 is 4.90 Å². The molecule has 3 aromatic carbocycles. The Balaban J connectivity index is 0.00000182. The molecule has 2 unspecified atom stereocenters. The molecule has 0 radical (unpaired) electrons. The fraction of sp³-hybridized carbons (Fsp3) is 0.0870. The number of aliphatic imine (C=N–C) groups is 1. The van der Waals surface area contributed by atoms with Crippen LogP contribution in [0.4, 0.5) is 0 Å². The van der Waals surface area contributed by atoms with Crippen LogP contribution in [-0.2, 0) is 0 Å².